The van der Waals surface area contributed by atoms with E-state index in [1.165, 1.54) is 5.57 Å². The molecule has 1 aliphatic carbocycles. The Bertz CT molecular complexity index is 1130. The lowest BCUT2D eigenvalue weighted by Gasteiger charge is -2.33. The average Bonchev–Trinajstić information content (AvgIpc) is 2.82. The van der Waals surface area contributed by atoms with Gasteiger partial charge in [0.2, 0.25) is 5.88 Å². The van der Waals surface area contributed by atoms with Crippen LogP contribution < -0.4 is 10.4 Å². The number of allylic oxidation sites excluding steroid dienone is 5. The molecule has 3 aliphatic rings. The van der Waals surface area contributed by atoms with Crippen LogP contribution in [0.2, 0.25) is 0 Å². The van der Waals surface area contributed by atoms with Gasteiger partial charge in [0, 0.05) is 30.4 Å². The van der Waals surface area contributed by atoms with E-state index in [-0.39, 0.29) is 17.2 Å². The molecule has 2 aliphatic heterocycles. The lowest BCUT2D eigenvalue weighted by atomic mass is 9.75. The molecule has 2 unspecified atom stereocenters. The quantitative estimate of drug-likeness (QED) is 0.715. The molecule has 0 bridgehead atoms. The van der Waals surface area contributed by atoms with Gasteiger partial charge in [-0.1, -0.05) is 30.7 Å². The molecule has 2 atom stereocenters. The molecule has 8 heteroatoms. The van der Waals surface area contributed by atoms with Crippen molar-refractivity contribution < 1.29 is 14.2 Å². The lowest BCUT2D eigenvalue weighted by Crippen LogP contribution is -2.34. The lowest BCUT2D eigenvalue weighted by molar-refractivity contribution is -0.102. The maximum absolute atomic E-state index is 12.6. The van der Waals surface area contributed by atoms with Crippen molar-refractivity contribution in [2.75, 3.05) is 26.4 Å². The van der Waals surface area contributed by atoms with Crippen LogP contribution in [-0.2, 0) is 16.0 Å². The van der Waals surface area contributed by atoms with Gasteiger partial charge in [-0.2, -0.15) is 4.98 Å². The topological polar surface area (TPSA) is 88.4 Å². The summed E-state index contributed by atoms with van der Waals surface area (Å²) in [6.45, 7) is 4.78. The van der Waals surface area contributed by atoms with Crippen molar-refractivity contribution >= 4 is 11.6 Å². The molecule has 0 spiro atoms. The molecule has 4 heterocycles. The summed E-state index contributed by atoms with van der Waals surface area (Å²) in [6, 6.07) is 1.86. The Morgan fingerprint density at radius 1 is 1.34 bits per heavy atom. The third-order valence-electron chi connectivity index (χ3n) is 6.03. The summed E-state index contributed by atoms with van der Waals surface area (Å²) in [5.41, 5.74) is 3.71. The maximum atomic E-state index is 12.6. The van der Waals surface area contributed by atoms with Crippen LogP contribution in [0.4, 0.5) is 0 Å². The van der Waals surface area contributed by atoms with E-state index < -0.39 is 0 Å². The van der Waals surface area contributed by atoms with Crippen LogP contribution in [0.15, 0.2) is 53.3 Å². The van der Waals surface area contributed by atoms with Crippen molar-refractivity contribution in [3.05, 3.63) is 70.3 Å². The first-order valence-corrected chi connectivity index (χ1v) is 10.9. The SMILES string of the molecule is CC1(/C=C/c2cnccn2)C=CC2=C(CCn3c2cc(OCC2COCCO2)nc3=O)C1. The molecule has 1 saturated heterocycles. The van der Waals surface area contributed by atoms with E-state index in [4.69, 9.17) is 14.2 Å². The predicted molar refractivity (Wildman–Crippen MR) is 119 cm³/mol. The van der Waals surface area contributed by atoms with Gasteiger partial charge in [-0.15, -0.1) is 0 Å². The number of hydrogen-bond acceptors (Lipinski definition) is 7. The van der Waals surface area contributed by atoms with Gasteiger partial charge in [0.25, 0.3) is 0 Å². The van der Waals surface area contributed by atoms with Crippen molar-refractivity contribution in [1.29, 1.82) is 0 Å². The van der Waals surface area contributed by atoms with Gasteiger partial charge in [-0.25, -0.2) is 4.79 Å². The van der Waals surface area contributed by atoms with Crippen LogP contribution in [0.3, 0.4) is 0 Å². The minimum absolute atomic E-state index is 0.122. The fraction of sp³-hybridized carbons (Fsp3) is 0.417. The third-order valence-corrected chi connectivity index (χ3v) is 6.03. The smallest absolute Gasteiger partial charge is 0.351 e. The molecule has 0 aromatic carbocycles. The number of hydrogen-bond donors (Lipinski definition) is 0. The third kappa shape index (κ3) is 4.42. The molecule has 0 N–H and O–H groups in total. The zero-order chi connectivity index (χ0) is 22.0. The Labute approximate surface area is 186 Å². The van der Waals surface area contributed by atoms with Gasteiger partial charge in [-0.3, -0.25) is 14.5 Å². The molecule has 1 fully saturated rings. The summed E-state index contributed by atoms with van der Waals surface area (Å²) in [5.74, 6) is 0.327. The van der Waals surface area contributed by atoms with Gasteiger partial charge in [0.05, 0.1) is 37.4 Å². The summed E-state index contributed by atoms with van der Waals surface area (Å²) in [6.07, 6.45) is 15.2. The Hall–Kier alpha value is -3.10. The number of nitrogens with zero attached hydrogens (tertiary/aromatic N) is 4. The highest BCUT2D eigenvalue weighted by molar-refractivity contribution is 5.78. The zero-order valence-electron chi connectivity index (χ0n) is 18.1. The van der Waals surface area contributed by atoms with Crippen molar-refractivity contribution in [2.24, 2.45) is 5.41 Å². The first kappa shape index (κ1) is 20.8. The Balaban J connectivity index is 1.36. The maximum Gasteiger partial charge on any atom is 0.351 e. The first-order valence-electron chi connectivity index (χ1n) is 10.9. The highest BCUT2D eigenvalue weighted by Crippen LogP contribution is 2.42. The second kappa shape index (κ2) is 8.80. The minimum atomic E-state index is -0.283. The second-order valence-electron chi connectivity index (χ2n) is 8.54. The van der Waals surface area contributed by atoms with E-state index in [1.54, 1.807) is 23.2 Å². The van der Waals surface area contributed by atoms with Crippen LogP contribution >= 0.6 is 0 Å². The van der Waals surface area contributed by atoms with Gasteiger partial charge in [-0.05, 0) is 24.5 Å². The molecular weight excluding hydrogens is 408 g/mol. The molecule has 0 saturated carbocycles. The largest absolute Gasteiger partial charge is 0.475 e. The van der Waals surface area contributed by atoms with Crippen LogP contribution in [0.1, 0.15) is 31.2 Å². The highest BCUT2D eigenvalue weighted by atomic mass is 16.6. The first-order chi connectivity index (χ1) is 15.6. The molecule has 0 amide bonds. The molecule has 8 nitrogen and oxygen atoms in total. The average molecular weight is 434 g/mol. The predicted octanol–water partition coefficient (Wildman–Crippen LogP) is 2.66. The fourth-order valence-electron chi connectivity index (χ4n) is 4.34. The molecule has 2 aromatic rings. The van der Waals surface area contributed by atoms with Crippen LogP contribution in [0.25, 0.3) is 11.6 Å². The minimum Gasteiger partial charge on any atom is -0.475 e. The molecule has 2 aromatic heterocycles. The van der Waals surface area contributed by atoms with E-state index in [1.807, 2.05) is 12.1 Å². The molecule has 32 heavy (non-hydrogen) atoms. The van der Waals surface area contributed by atoms with Crippen LogP contribution in [0.5, 0.6) is 5.88 Å². The molecule has 5 rings (SSSR count). The van der Waals surface area contributed by atoms with E-state index >= 15 is 0 Å². The van der Waals surface area contributed by atoms with E-state index in [0.29, 0.717) is 38.9 Å². The van der Waals surface area contributed by atoms with E-state index in [2.05, 4.69) is 40.1 Å². The van der Waals surface area contributed by atoms with Crippen molar-refractivity contribution in [3.8, 4) is 5.88 Å². The summed E-state index contributed by atoms with van der Waals surface area (Å²) in [5, 5.41) is 0. The van der Waals surface area contributed by atoms with Crippen LogP contribution in [0, 0.1) is 5.41 Å². The summed E-state index contributed by atoms with van der Waals surface area (Å²) in [4.78, 5) is 25.2. The number of fused-ring (bicyclic) bond motifs is 2. The number of ether oxygens (including phenoxy) is 3. The van der Waals surface area contributed by atoms with Gasteiger partial charge >= 0.3 is 5.69 Å². The Morgan fingerprint density at radius 2 is 2.28 bits per heavy atom. The van der Waals surface area contributed by atoms with Crippen LogP contribution in [-0.4, -0.2) is 52.1 Å². The zero-order valence-corrected chi connectivity index (χ0v) is 18.1. The summed E-state index contributed by atoms with van der Waals surface area (Å²) in [7, 11) is 0. The Morgan fingerprint density at radius 3 is 3.09 bits per heavy atom. The van der Waals surface area contributed by atoms with Gasteiger partial charge in [0.15, 0.2) is 0 Å². The highest BCUT2D eigenvalue weighted by Gasteiger charge is 2.29. The van der Waals surface area contributed by atoms with Crippen molar-refractivity contribution in [2.45, 2.75) is 32.4 Å². The normalized spacial score (nSPS) is 25.0. The number of rotatable bonds is 5. The standard InChI is InChI=1S/C24H26N4O4/c1-24(5-2-18-14-25-7-8-26-18)6-3-20-17(13-24)4-9-28-21(20)12-22(27-23(28)29)32-16-19-15-30-10-11-31-19/h2-3,5-8,12,14,19H,4,9-11,13,15-16H2,1H3/b5-2+. The molecular formula is C24H26N4O4. The summed E-state index contributed by atoms with van der Waals surface area (Å²) < 4.78 is 18.5. The van der Waals surface area contributed by atoms with Gasteiger partial charge < -0.3 is 14.2 Å². The molecule has 0 radical (unpaired) electrons. The van der Waals surface area contributed by atoms with Gasteiger partial charge in [0.1, 0.15) is 12.7 Å². The van der Waals surface area contributed by atoms with Crippen molar-refractivity contribution in [1.82, 2.24) is 19.5 Å². The molecule has 166 valence electrons. The van der Waals surface area contributed by atoms with E-state index in [0.717, 1.165) is 29.8 Å². The second-order valence-corrected chi connectivity index (χ2v) is 8.54. The van der Waals surface area contributed by atoms with E-state index in [9.17, 15) is 4.79 Å². The fourth-order valence-corrected chi connectivity index (χ4v) is 4.34. The monoisotopic (exact) mass is 434 g/mol. The summed E-state index contributed by atoms with van der Waals surface area (Å²) >= 11 is 0. The Kier molecular flexibility index (Phi) is 5.71. The van der Waals surface area contributed by atoms with Crippen molar-refractivity contribution in [3.63, 3.8) is 0 Å². The number of aromatic nitrogens is 4.